The number of hydrogen-bond donors (Lipinski definition) is 1. The monoisotopic (exact) mass is 246 g/mol. The van der Waals surface area contributed by atoms with Gasteiger partial charge < -0.3 is 10.3 Å². The first-order valence-corrected chi connectivity index (χ1v) is 7.19. The zero-order valence-electron chi connectivity index (χ0n) is 9.88. The molecule has 3 heteroatoms. The van der Waals surface area contributed by atoms with E-state index >= 15 is 0 Å². The summed E-state index contributed by atoms with van der Waals surface area (Å²) >= 11 is 1.77. The van der Waals surface area contributed by atoms with E-state index in [2.05, 4.69) is 39.9 Å². The third-order valence-corrected chi connectivity index (χ3v) is 4.26. The van der Waals surface area contributed by atoms with Gasteiger partial charge in [-0.2, -0.15) is 11.3 Å². The van der Waals surface area contributed by atoms with Crippen LogP contribution in [-0.4, -0.2) is 4.57 Å². The van der Waals surface area contributed by atoms with Gasteiger partial charge in [-0.15, -0.1) is 0 Å². The van der Waals surface area contributed by atoms with Crippen molar-refractivity contribution in [3.8, 4) is 0 Å². The van der Waals surface area contributed by atoms with Gasteiger partial charge >= 0.3 is 0 Å². The molecule has 0 aromatic carbocycles. The molecule has 1 aliphatic carbocycles. The summed E-state index contributed by atoms with van der Waals surface area (Å²) in [6, 6.07) is 4.64. The van der Waals surface area contributed by atoms with Crippen LogP contribution >= 0.6 is 11.3 Å². The number of rotatable bonds is 5. The maximum absolute atomic E-state index is 6.19. The van der Waals surface area contributed by atoms with Gasteiger partial charge in [-0.05, 0) is 59.2 Å². The van der Waals surface area contributed by atoms with Crippen LogP contribution in [-0.2, 0) is 13.0 Å². The number of nitrogens with zero attached hydrogens (tertiary/aromatic N) is 1. The molecule has 1 unspecified atom stereocenters. The average molecular weight is 246 g/mol. The Labute approximate surface area is 106 Å². The normalized spacial score (nSPS) is 17.2. The Morgan fingerprint density at radius 1 is 1.41 bits per heavy atom. The Morgan fingerprint density at radius 2 is 2.29 bits per heavy atom. The molecule has 0 saturated heterocycles. The molecule has 3 rings (SSSR count). The van der Waals surface area contributed by atoms with E-state index in [0.717, 1.165) is 18.9 Å². The zero-order chi connectivity index (χ0) is 11.7. The van der Waals surface area contributed by atoms with Crippen molar-refractivity contribution >= 4 is 11.3 Å². The number of aryl methyl sites for hydroxylation is 2. The van der Waals surface area contributed by atoms with Gasteiger partial charge in [0.1, 0.15) is 0 Å². The van der Waals surface area contributed by atoms with Crippen LogP contribution in [0, 0.1) is 5.92 Å². The summed E-state index contributed by atoms with van der Waals surface area (Å²) in [4.78, 5) is 0. The summed E-state index contributed by atoms with van der Waals surface area (Å²) in [5.41, 5.74) is 8.92. The van der Waals surface area contributed by atoms with Crippen molar-refractivity contribution in [1.29, 1.82) is 0 Å². The molecule has 2 aromatic heterocycles. The van der Waals surface area contributed by atoms with Gasteiger partial charge in [0.2, 0.25) is 0 Å². The molecule has 90 valence electrons. The minimum atomic E-state index is 0.261. The predicted octanol–water partition coefficient (Wildman–Crippen LogP) is 3.20. The van der Waals surface area contributed by atoms with Crippen molar-refractivity contribution in [2.24, 2.45) is 11.7 Å². The van der Waals surface area contributed by atoms with Crippen LogP contribution in [0.1, 0.15) is 30.0 Å². The summed E-state index contributed by atoms with van der Waals surface area (Å²) < 4.78 is 2.26. The zero-order valence-corrected chi connectivity index (χ0v) is 10.7. The van der Waals surface area contributed by atoms with Crippen LogP contribution in [0.4, 0.5) is 0 Å². The standard InChI is InChI=1S/C14H18N2S/c15-14(12-1-2-12)13-4-7-16(9-13)6-3-11-5-8-17-10-11/h4-5,7-10,12,14H,1-3,6,15H2. The molecule has 1 saturated carbocycles. The van der Waals surface area contributed by atoms with Gasteiger partial charge in [0, 0.05) is 25.0 Å². The highest BCUT2D eigenvalue weighted by Gasteiger charge is 2.29. The number of nitrogens with two attached hydrogens (primary N) is 1. The lowest BCUT2D eigenvalue weighted by atomic mass is 10.1. The van der Waals surface area contributed by atoms with E-state index < -0.39 is 0 Å². The average Bonchev–Trinajstić information content (AvgIpc) is 2.88. The van der Waals surface area contributed by atoms with Gasteiger partial charge in [-0.1, -0.05) is 0 Å². The molecule has 2 heterocycles. The van der Waals surface area contributed by atoms with Gasteiger partial charge in [-0.25, -0.2) is 0 Å². The van der Waals surface area contributed by atoms with Crippen LogP contribution in [0.2, 0.25) is 0 Å². The lowest BCUT2D eigenvalue weighted by Gasteiger charge is -2.07. The fourth-order valence-electron chi connectivity index (χ4n) is 2.22. The lowest BCUT2D eigenvalue weighted by Crippen LogP contribution is -2.11. The molecule has 17 heavy (non-hydrogen) atoms. The molecule has 1 fully saturated rings. The Kier molecular flexibility index (Phi) is 3.04. The second-order valence-electron chi connectivity index (χ2n) is 4.93. The Bertz CT molecular complexity index is 468. The van der Waals surface area contributed by atoms with E-state index in [1.54, 1.807) is 11.3 Å². The third-order valence-electron chi connectivity index (χ3n) is 3.53. The van der Waals surface area contributed by atoms with Gasteiger partial charge in [0.25, 0.3) is 0 Å². The Balaban J connectivity index is 1.60. The smallest absolute Gasteiger partial charge is 0.0338 e. The van der Waals surface area contributed by atoms with Crippen molar-refractivity contribution in [2.75, 3.05) is 0 Å². The molecule has 0 bridgehead atoms. The highest BCUT2D eigenvalue weighted by atomic mass is 32.1. The maximum Gasteiger partial charge on any atom is 0.0338 e. The summed E-state index contributed by atoms with van der Waals surface area (Å²) in [5.74, 6) is 0.739. The highest BCUT2D eigenvalue weighted by molar-refractivity contribution is 7.07. The first-order chi connectivity index (χ1) is 8.33. The fourth-order valence-corrected chi connectivity index (χ4v) is 2.92. The van der Waals surface area contributed by atoms with Crippen molar-refractivity contribution in [1.82, 2.24) is 4.57 Å². The highest BCUT2D eigenvalue weighted by Crippen LogP contribution is 2.39. The maximum atomic E-state index is 6.19. The first-order valence-electron chi connectivity index (χ1n) is 6.25. The van der Waals surface area contributed by atoms with Gasteiger partial charge in [0.05, 0.1) is 0 Å². The third kappa shape index (κ3) is 2.61. The molecule has 2 aromatic rings. The predicted molar refractivity (Wildman–Crippen MR) is 72.1 cm³/mol. The lowest BCUT2D eigenvalue weighted by molar-refractivity contribution is 0.626. The molecular formula is C14H18N2S. The van der Waals surface area contributed by atoms with E-state index in [9.17, 15) is 0 Å². The Morgan fingerprint density at radius 3 is 3.00 bits per heavy atom. The van der Waals surface area contributed by atoms with Crippen molar-refractivity contribution in [3.05, 3.63) is 46.4 Å². The van der Waals surface area contributed by atoms with Gasteiger partial charge in [-0.3, -0.25) is 0 Å². The molecule has 2 N–H and O–H groups in total. The molecule has 0 radical (unpaired) electrons. The van der Waals surface area contributed by atoms with E-state index in [1.165, 1.54) is 24.0 Å². The minimum absolute atomic E-state index is 0.261. The number of thiophene rings is 1. The molecule has 0 spiro atoms. The van der Waals surface area contributed by atoms with Crippen LogP contribution in [0.5, 0.6) is 0 Å². The second-order valence-corrected chi connectivity index (χ2v) is 5.71. The topological polar surface area (TPSA) is 30.9 Å². The molecule has 0 aliphatic heterocycles. The fraction of sp³-hybridized carbons (Fsp3) is 0.429. The SMILES string of the molecule is NC(c1ccn(CCc2ccsc2)c1)C1CC1. The molecule has 1 atom stereocenters. The summed E-state index contributed by atoms with van der Waals surface area (Å²) in [6.45, 7) is 1.05. The molecule has 1 aliphatic rings. The number of hydrogen-bond acceptors (Lipinski definition) is 2. The largest absolute Gasteiger partial charge is 0.354 e. The first kappa shape index (κ1) is 11.1. The number of aromatic nitrogens is 1. The summed E-state index contributed by atoms with van der Waals surface area (Å²) in [7, 11) is 0. The quantitative estimate of drug-likeness (QED) is 0.863. The van der Waals surface area contributed by atoms with Crippen molar-refractivity contribution in [2.45, 2.75) is 31.8 Å². The molecule has 0 amide bonds. The van der Waals surface area contributed by atoms with E-state index in [4.69, 9.17) is 5.73 Å². The van der Waals surface area contributed by atoms with Crippen molar-refractivity contribution < 1.29 is 0 Å². The van der Waals surface area contributed by atoms with Crippen LogP contribution < -0.4 is 5.73 Å². The van der Waals surface area contributed by atoms with Crippen LogP contribution in [0.25, 0.3) is 0 Å². The summed E-state index contributed by atoms with van der Waals surface area (Å²) in [6.07, 6.45) is 8.10. The van der Waals surface area contributed by atoms with Crippen LogP contribution in [0.15, 0.2) is 35.3 Å². The Hall–Kier alpha value is -1.06. The molecule has 2 nitrogen and oxygen atoms in total. The minimum Gasteiger partial charge on any atom is -0.354 e. The van der Waals surface area contributed by atoms with E-state index in [1.807, 2.05) is 0 Å². The van der Waals surface area contributed by atoms with Crippen LogP contribution in [0.3, 0.4) is 0 Å². The molecular weight excluding hydrogens is 228 g/mol. The van der Waals surface area contributed by atoms with Gasteiger partial charge in [0.15, 0.2) is 0 Å². The second kappa shape index (κ2) is 4.67. The summed E-state index contributed by atoms with van der Waals surface area (Å²) in [5, 5.41) is 4.36. The van der Waals surface area contributed by atoms with E-state index in [-0.39, 0.29) is 6.04 Å². The van der Waals surface area contributed by atoms with Crippen molar-refractivity contribution in [3.63, 3.8) is 0 Å². The van der Waals surface area contributed by atoms with E-state index in [0.29, 0.717) is 0 Å².